The number of amides is 1. The summed E-state index contributed by atoms with van der Waals surface area (Å²) in [5.74, 6) is 0.0715. The van der Waals surface area contributed by atoms with Crippen LogP contribution in [0.25, 0.3) is 12.2 Å². The van der Waals surface area contributed by atoms with E-state index in [1.54, 1.807) is 36.6 Å². The predicted molar refractivity (Wildman–Crippen MR) is 168 cm³/mol. The van der Waals surface area contributed by atoms with Gasteiger partial charge in [0.15, 0.2) is 10.3 Å². The van der Waals surface area contributed by atoms with E-state index in [4.69, 9.17) is 0 Å². The number of thiazole rings is 1. The molecule has 0 unspecified atom stereocenters. The first-order chi connectivity index (χ1) is 20.5. The molecular weight excluding hydrogens is 573 g/mol. The molecule has 0 spiro atoms. The van der Waals surface area contributed by atoms with Crippen molar-refractivity contribution in [3.05, 3.63) is 73.9 Å². The predicted octanol–water partition coefficient (Wildman–Crippen LogP) is 1.64. The summed E-state index contributed by atoms with van der Waals surface area (Å²) in [5.41, 5.74) is 1.82. The number of aliphatic imine (C=N–C) groups is 1. The molecule has 2 fully saturated rings. The van der Waals surface area contributed by atoms with E-state index in [-0.39, 0.29) is 17.5 Å². The summed E-state index contributed by atoms with van der Waals surface area (Å²) in [6.07, 6.45) is 5.44. The molecule has 2 aromatic carbocycles. The molecule has 1 amide bonds. The SMILES string of the molecule is O=C1NC(=NCCN2CCN(CCNc3nc(O)c(C=c4ccc5c(c4)C=NN=5)s3)CC2)S/C1=C\c1ccc(O)cc1. The van der Waals surface area contributed by atoms with Gasteiger partial charge in [0, 0.05) is 51.4 Å². The van der Waals surface area contributed by atoms with Crippen molar-refractivity contribution in [2.75, 3.05) is 57.7 Å². The van der Waals surface area contributed by atoms with E-state index in [9.17, 15) is 15.0 Å². The van der Waals surface area contributed by atoms with Gasteiger partial charge in [-0.05, 0) is 59.0 Å². The van der Waals surface area contributed by atoms with E-state index < -0.39 is 0 Å². The van der Waals surface area contributed by atoms with Crippen molar-refractivity contribution in [2.45, 2.75) is 0 Å². The third-order valence-corrected chi connectivity index (χ3v) is 8.93. The van der Waals surface area contributed by atoms with E-state index in [0.717, 1.165) is 67.5 Å². The third-order valence-electron chi connectivity index (χ3n) is 7.03. The molecule has 0 bridgehead atoms. The minimum atomic E-state index is -0.150. The highest BCUT2D eigenvalue weighted by Gasteiger charge is 2.24. The number of nitrogens with one attached hydrogen (secondary N) is 2. The van der Waals surface area contributed by atoms with Crippen LogP contribution in [0.1, 0.15) is 16.0 Å². The average Bonchev–Trinajstić information content (AvgIpc) is 3.69. The van der Waals surface area contributed by atoms with Gasteiger partial charge in [-0.3, -0.25) is 19.6 Å². The number of hydrogen-bond acceptors (Lipinski definition) is 12. The number of rotatable bonds is 9. The fourth-order valence-electron chi connectivity index (χ4n) is 4.73. The largest absolute Gasteiger partial charge is 0.508 e. The number of phenolic OH excluding ortho intramolecular Hbond substituents is 1. The van der Waals surface area contributed by atoms with Crippen LogP contribution >= 0.6 is 23.1 Å². The quantitative estimate of drug-likeness (QED) is 0.271. The Balaban J connectivity index is 0.911. The lowest BCUT2D eigenvalue weighted by Crippen LogP contribution is -2.48. The minimum absolute atomic E-state index is 0.0266. The van der Waals surface area contributed by atoms with Crippen LogP contribution in [0, 0.1) is 0 Å². The van der Waals surface area contributed by atoms with E-state index in [0.29, 0.717) is 26.6 Å². The van der Waals surface area contributed by atoms with Gasteiger partial charge in [-0.2, -0.15) is 15.2 Å². The number of carbonyl (C=O) groups is 1. The second-order valence-electron chi connectivity index (χ2n) is 9.97. The Morgan fingerprint density at radius 1 is 1.02 bits per heavy atom. The average molecular weight is 603 g/mol. The maximum atomic E-state index is 12.3. The van der Waals surface area contributed by atoms with Crippen LogP contribution in [0.5, 0.6) is 11.6 Å². The lowest BCUT2D eigenvalue weighted by atomic mass is 10.2. The van der Waals surface area contributed by atoms with Crippen LogP contribution < -0.4 is 21.2 Å². The molecule has 1 aromatic heterocycles. The fraction of sp³-hybridized carbons (Fsp3) is 0.276. The van der Waals surface area contributed by atoms with Crippen LogP contribution in [0.15, 0.2) is 62.6 Å². The molecule has 0 atom stereocenters. The van der Waals surface area contributed by atoms with Crippen LogP contribution in [-0.2, 0) is 4.79 Å². The number of carbonyl (C=O) groups excluding carboxylic acids is 1. The van der Waals surface area contributed by atoms with E-state index in [1.807, 2.05) is 24.3 Å². The number of amidine groups is 1. The first kappa shape index (κ1) is 28.1. The number of aromatic hydroxyl groups is 2. The monoisotopic (exact) mass is 602 g/mol. The minimum Gasteiger partial charge on any atom is -0.508 e. The second-order valence-corrected chi connectivity index (χ2v) is 12.0. The maximum absolute atomic E-state index is 12.3. The third kappa shape index (κ3) is 7.05. The molecule has 4 heterocycles. The fourth-order valence-corrected chi connectivity index (χ4v) is 6.42. The van der Waals surface area contributed by atoms with Gasteiger partial charge in [0.1, 0.15) is 5.75 Å². The summed E-state index contributed by atoms with van der Waals surface area (Å²) < 4.78 is 0. The normalized spacial score (nSPS) is 19.4. The van der Waals surface area contributed by atoms with Crippen LogP contribution in [0.2, 0.25) is 0 Å². The molecule has 216 valence electrons. The van der Waals surface area contributed by atoms with Crippen molar-refractivity contribution in [2.24, 2.45) is 15.2 Å². The highest BCUT2D eigenvalue weighted by atomic mass is 32.2. The number of piperazine rings is 1. The summed E-state index contributed by atoms with van der Waals surface area (Å²) >= 11 is 2.77. The van der Waals surface area contributed by atoms with Crippen molar-refractivity contribution in [1.29, 1.82) is 0 Å². The zero-order valence-electron chi connectivity index (χ0n) is 22.7. The van der Waals surface area contributed by atoms with Gasteiger partial charge in [0.25, 0.3) is 5.91 Å². The Kier molecular flexibility index (Phi) is 8.60. The molecule has 6 rings (SSSR count). The highest BCUT2D eigenvalue weighted by Crippen LogP contribution is 2.28. The molecule has 0 saturated carbocycles. The molecule has 42 heavy (non-hydrogen) atoms. The van der Waals surface area contributed by atoms with Gasteiger partial charge < -0.3 is 20.8 Å². The van der Waals surface area contributed by atoms with E-state index in [1.165, 1.54) is 23.1 Å². The molecule has 4 N–H and O–H groups in total. The number of hydrogen-bond donors (Lipinski definition) is 4. The number of thioether (sulfide) groups is 1. The first-order valence-corrected chi connectivity index (χ1v) is 15.3. The number of fused-ring (bicyclic) bond motifs is 1. The molecule has 0 aliphatic carbocycles. The molecule has 3 aliphatic heterocycles. The van der Waals surface area contributed by atoms with Gasteiger partial charge in [0.2, 0.25) is 5.88 Å². The topological polar surface area (TPSA) is 138 Å². The first-order valence-electron chi connectivity index (χ1n) is 13.6. The Hall–Kier alpha value is -4.04. The van der Waals surface area contributed by atoms with Crippen LogP contribution in [-0.4, -0.2) is 94.6 Å². The molecule has 0 radical (unpaired) electrons. The summed E-state index contributed by atoms with van der Waals surface area (Å²) in [6, 6.07) is 12.6. The standard InChI is InChI=1S/C29H30N8O3S2/c38-22-4-1-19(2-5-22)16-24-26(39)33-28(41-24)30-7-9-36-11-13-37(14-12-36)10-8-31-29-34-27(40)25(42-29)17-20-3-6-23-21(15-20)18-32-35-23/h1-6,15-18,38,40H,7-14H2,(H,31,34)(H,30,33,39)/b20-17?,24-16-. The zero-order chi connectivity index (χ0) is 28.9. The lowest BCUT2D eigenvalue weighted by Gasteiger charge is -2.34. The van der Waals surface area contributed by atoms with Gasteiger partial charge >= 0.3 is 0 Å². The van der Waals surface area contributed by atoms with E-state index in [2.05, 4.69) is 40.6 Å². The smallest absolute Gasteiger partial charge is 0.264 e. The number of aromatic nitrogens is 1. The Morgan fingerprint density at radius 3 is 2.62 bits per heavy atom. The number of anilines is 1. The molecule has 3 aliphatic rings. The number of benzene rings is 2. The van der Waals surface area contributed by atoms with Crippen molar-refractivity contribution >= 4 is 57.7 Å². The Morgan fingerprint density at radius 2 is 1.81 bits per heavy atom. The Labute approximate surface area is 250 Å². The lowest BCUT2D eigenvalue weighted by molar-refractivity contribution is -0.115. The molecule has 3 aromatic rings. The zero-order valence-corrected chi connectivity index (χ0v) is 24.4. The summed E-state index contributed by atoms with van der Waals surface area (Å²) in [7, 11) is 0. The van der Waals surface area contributed by atoms with Gasteiger partial charge in [-0.1, -0.05) is 29.5 Å². The second kappa shape index (κ2) is 12.9. The van der Waals surface area contributed by atoms with Crippen molar-refractivity contribution in [1.82, 2.24) is 20.1 Å². The van der Waals surface area contributed by atoms with Gasteiger partial charge in [-0.15, -0.1) is 0 Å². The molecule has 2 saturated heterocycles. The molecule has 11 nitrogen and oxygen atoms in total. The van der Waals surface area contributed by atoms with Crippen molar-refractivity contribution < 1.29 is 15.0 Å². The van der Waals surface area contributed by atoms with Gasteiger partial charge in [-0.25, -0.2) is 0 Å². The molecule has 13 heteroatoms. The number of nitrogens with zero attached hydrogens (tertiary/aromatic N) is 6. The maximum Gasteiger partial charge on any atom is 0.264 e. The van der Waals surface area contributed by atoms with Crippen LogP contribution in [0.4, 0.5) is 5.13 Å². The van der Waals surface area contributed by atoms with Crippen LogP contribution in [0.3, 0.4) is 0 Å². The summed E-state index contributed by atoms with van der Waals surface area (Å²) in [6.45, 7) is 6.97. The van der Waals surface area contributed by atoms with Crippen molar-refractivity contribution in [3.63, 3.8) is 0 Å². The van der Waals surface area contributed by atoms with Gasteiger partial charge in [0.05, 0.1) is 27.9 Å². The highest BCUT2D eigenvalue weighted by molar-refractivity contribution is 8.18. The number of phenols is 1. The molecular formula is C29H30N8O3S2. The van der Waals surface area contributed by atoms with E-state index >= 15 is 0 Å². The summed E-state index contributed by atoms with van der Waals surface area (Å²) in [4.78, 5) is 27.3. The Bertz CT molecular complexity index is 1680. The van der Waals surface area contributed by atoms with Crippen molar-refractivity contribution in [3.8, 4) is 11.6 Å². The summed E-state index contributed by atoms with van der Waals surface area (Å²) in [5, 5.41) is 37.1.